The van der Waals surface area contributed by atoms with Gasteiger partial charge in [-0.25, -0.2) is 4.98 Å². The van der Waals surface area contributed by atoms with Crippen LogP contribution in [0.15, 0.2) is 61.1 Å². The quantitative estimate of drug-likeness (QED) is 0.470. The number of ether oxygens (including phenoxy) is 4. The van der Waals surface area contributed by atoms with Gasteiger partial charge in [0.05, 0.1) is 13.2 Å². The number of anilines is 1. The average Bonchev–Trinajstić information content (AvgIpc) is 2.80. The Balaban J connectivity index is 1.72. The Morgan fingerprint density at radius 2 is 1.81 bits per heavy atom. The third kappa shape index (κ3) is 6.42. The lowest BCUT2D eigenvalue weighted by molar-refractivity contribution is 0.102. The maximum atomic E-state index is 12.8. The summed E-state index contributed by atoms with van der Waals surface area (Å²) in [5, 5.41) is 2.83. The van der Waals surface area contributed by atoms with Gasteiger partial charge in [-0.2, -0.15) is 0 Å². The van der Waals surface area contributed by atoms with Gasteiger partial charge in [-0.15, -0.1) is 0 Å². The summed E-state index contributed by atoms with van der Waals surface area (Å²) in [6.45, 7) is 3.43. The predicted octanol–water partition coefficient (Wildman–Crippen LogP) is 3.73. The zero-order chi connectivity index (χ0) is 21.9. The summed E-state index contributed by atoms with van der Waals surface area (Å²) in [5.74, 6) is 1.06. The minimum absolute atomic E-state index is 0.314. The van der Waals surface area contributed by atoms with Crippen LogP contribution in [0.3, 0.4) is 0 Å². The molecule has 1 amide bonds. The number of aromatic nitrogens is 2. The molecule has 0 bridgehead atoms. The number of nitrogens with zero attached hydrogens (tertiary/aromatic N) is 2. The van der Waals surface area contributed by atoms with Crippen LogP contribution in [-0.4, -0.2) is 42.8 Å². The van der Waals surface area contributed by atoms with Crippen LogP contribution in [0.2, 0.25) is 0 Å². The first-order chi connectivity index (χ1) is 15.2. The number of benzene rings is 1. The summed E-state index contributed by atoms with van der Waals surface area (Å²) >= 11 is 0. The minimum atomic E-state index is -0.314. The second-order valence-corrected chi connectivity index (χ2v) is 6.39. The van der Waals surface area contributed by atoms with E-state index in [1.165, 1.54) is 0 Å². The predicted molar refractivity (Wildman–Crippen MR) is 116 cm³/mol. The molecule has 8 heteroatoms. The number of carbonyl (C=O) groups excluding carboxylic acids is 1. The molecule has 3 aromatic rings. The van der Waals surface area contributed by atoms with Crippen LogP contribution < -0.4 is 19.5 Å². The van der Waals surface area contributed by atoms with Crippen molar-refractivity contribution < 1.29 is 23.7 Å². The highest BCUT2D eigenvalue weighted by Gasteiger charge is 2.14. The van der Waals surface area contributed by atoms with Gasteiger partial charge in [0.1, 0.15) is 18.9 Å². The first-order valence-corrected chi connectivity index (χ1v) is 9.88. The van der Waals surface area contributed by atoms with Crippen LogP contribution in [0.4, 0.5) is 5.69 Å². The first kappa shape index (κ1) is 22.0. The summed E-state index contributed by atoms with van der Waals surface area (Å²) in [5.41, 5.74) is 1.88. The smallest absolute Gasteiger partial charge is 0.255 e. The van der Waals surface area contributed by atoms with E-state index in [2.05, 4.69) is 15.3 Å². The summed E-state index contributed by atoms with van der Waals surface area (Å²) < 4.78 is 22.1. The van der Waals surface area contributed by atoms with Gasteiger partial charge in [0.2, 0.25) is 5.88 Å². The lowest BCUT2D eigenvalue weighted by Crippen LogP contribution is -2.14. The van der Waals surface area contributed by atoms with Gasteiger partial charge < -0.3 is 24.3 Å². The second kappa shape index (κ2) is 11.5. The molecule has 8 nitrogen and oxygen atoms in total. The Hall–Kier alpha value is -3.65. The van der Waals surface area contributed by atoms with E-state index in [0.29, 0.717) is 55.1 Å². The van der Waals surface area contributed by atoms with Gasteiger partial charge in [-0.05, 0) is 55.0 Å². The van der Waals surface area contributed by atoms with Gasteiger partial charge in [0.25, 0.3) is 5.91 Å². The van der Waals surface area contributed by atoms with E-state index in [9.17, 15) is 4.79 Å². The molecular weight excluding hydrogens is 398 g/mol. The van der Waals surface area contributed by atoms with Crippen molar-refractivity contribution in [1.29, 1.82) is 0 Å². The van der Waals surface area contributed by atoms with Crippen LogP contribution in [0.1, 0.15) is 22.8 Å². The molecule has 1 N–H and O–H groups in total. The molecule has 0 aliphatic rings. The number of amides is 1. The van der Waals surface area contributed by atoms with E-state index in [4.69, 9.17) is 18.9 Å². The monoisotopic (exact) mass is 423 g/mol. The van der Waals surface area contributed by atoms with Crippen molar-refractivity contribution in [2.24, 2.45) is 0 Å². The van der Waals surface area contributed by atoms with Gasteiger partial charge >= 0.3 is 0 Å². The number of hydrogen-bond acceptors (Lipinski definition) is 7. The lowest BCUT2D eigenvalue weighted by Gasteiger charge is -2.14. The second-order valence-electron chi connectivity index (χ2n) is 6.39. The molecule has 0 unspecified atom stereocenters. The van der Waals surface area contributed by atoms with E-state index in [1.807, 2.05) is 19.1 Å². The largest absolute Gasteiger partial charge is 0.490 e. The van der Waals surface area contributed by atoms with Crippen molar-refractivity contribution >= 4 is 11.6 Å². The van der Waals surface area contributed by atoms with Gasteiger partial charge in [0.15, 0.2) is 11.5 Å². The van der Waals surface area contributed by atoms with Gasteiger partial charge in [0, 0.05) is 31.3 Å². The number of pyridine rings is 2. The summed E-state index contributed by atoms with van der Waals surface area (Å²) in [6, 6.07) is 12.3. The molecule has 3 rings (SSSR count). The zero-order valence-electron chi connectivity index (χ0n) is 17.5. The molecule has 2 heterocycles. The number of hydrogen-bond donors (Lipinski definition) is 1. The molecule has 0 atom stereocenters. The van der Waals surface area contributed by atoms with Crippen molar-refractivity contribution in [1.82, 2.24) is 9.97 Å². The Labute approximate surface area is 181 Å². The van der Waals surface area contributed by atoms with Crippen LogP contribution in [0, 0.1) is 0 Å². The topological polar surface area (TPSA) is 91.8 Å². The molecule has 0 radical (unpaired) electrons. The number of methoxy groups -OCH3 is 1. The molecule has 0 fully saturated rings. The lowest BCUT2D eigenvalue weighted by atomic mass is 10.2. The summed E-state index contributed by atoms with van der Waals surface area (Å²) in [6.07, 6.45) is 5.02. The minimum Gasteiger partial charge on any atom is -0.490 e. The molecule has 0 saturated carbocycles. The highest BCUT2D eigenvalue weighted by molar-refractivity contribution is 6.05. The molecule has 0 aliphatic heterocycles. The summed E-state index contributed by atoms with van der Waals surface area (Å²) in [7, 11) is 1.59. The third-order valence-corrected chi connectivity index (χ3v) is 4.20. The fourth-order valence-corrected chi connectivity index (χ4v) is 2.69. The summed E-state index contributed by atoms with van der Waals surface area (Å²) in [4.78, 5) is 21.0. The van der Waals surface area contributed by atoms with E-state index < -0.39 is 0 Å². The van der Waals surface area contributed by atoms with Crippen molar-refractivity contribution in [2.45, 2.75) is 13.5 Å². The average molecular weight is 423 g/mol. The Kier molecular flexibility index (Phi) is 8.19. The maximum absolute atomic E-state index is 12.8. The number of rotatable bonds is 11. The highest BCUT2D eigenvalue weighted by Crippen LogP contribution is 2.30. The van der Waals surface area contributed by atoms with Crippen molar-refractivity contribution in [2.75, 3.05) is 32.2 Å². The fourth-order valence-electron chi connectivity index (χ4n) is 2.69. The van der Waals surface area contributed by atoms with Crippen molar-refractivity contribution in [3.05, 3.63) is 72.2 Å². The third-order valence-electron chi connectivity index (χ3n) is 4.20. The maximum Gasteiger partial charge on any atom is 0.255 e. The first-order valence-electron chi connectivity index (χ1n) is 9.88. The zero-order valence-corrected chi connectivity index (χ0v) is 17.5. The Bertz CT molecular complexity index is 982. The van der Waals surface area contributed by atoms with E-state index >= 15 is 0 Å². The van der Waals surface area contributed by atoms with E-state index in [0.717, 1.165) is 5.56 Å². The molecule has 31 heavy (non-hydrogen) atoms. The van der Waals surface area contributed by atoms with Crippen molar-refractivity contribution in [3.63, 3.8) is 0 Å². The van der Waals surface area contributed by atoms with Crippen molar-refractivity contribution in [3.8, 4) is 17.4 Å². The Morgan fingerprint density at radius 1 is 0.968 bits per heavy atom. The highest BCUT2D eigenvalue weighted by atomic mass is 16.5. The molecule has 0 saturated heterocycles. The van der Waals surface area contributed by atoms with Crippen LogP contribution >= 0.6 is 0 Å². The fraction of sp³-hybridized carbons (Fsp3) is 0.261. The van der Waals surface area contributed by atoms with E-state index in [-0.39, 0.29) is 5.91 Å². The number of nitrogens with one attached hydrogen (secondary N) is 1. The van der Waals surface area contributed by atoms with Crippen LogP contribution in [-0.2, 0) is 11.3 Å². The van der Waals surface area contributed by atoms with E-state index in [1.54, 1.807) is 56.0 Å². The molecule has 162 valence electrons. The molecule has 0 aliphatic carbocycles. The molecule has 1 aromatic carbocycles. The van der Waals surface area contributed by atoms with Crippen LogP contribution in [0.5, 0.6) is 17.4 Å². The van der Waals surface area contributed by atoms with Gasteiger partial charge in [-0.1, -0.05) is 0 Å². The molecular formula is C23H25N3O5. The standard InChI is InChI=1S/C23H25N3O5/c1-3-29-21-15-18(6-7-20(21)31-16-17-8-11-24-12-9-17)22(27)26-19-5-4-10-25-23(19)30-14-13-28-2/h4-12,15H,3,13-14,16H2,1-2H3,(H,26,27). The van der Waals surface area contributed by atoms with Gasteiger partial charge in [-0.3, -0.25) is 9.78 Å². The molecule has 2 aromatic heterocycles. The SMILES string of the molecule is CCOc1cc(C(=O)Nc2cccnc2OCCOC)ccc1OCc1ccncc1. The molecule has 0 spiro atoms. The van der Waals surface area contributed by atoms with Crippen LogP contribution in [0.25, 0.3) is 0 Å². The normalized spacial score (nSPS) is 10.4. The Morgan fingerprint density at radius 3 is 2.58 bits per heavy atom. The number of carbonyl (C=O) groups is 1.